The number of rotatable bonds is 6. The van der Waals surface area contributed by atoms with Crippen LogP contribution in [0.3, 0.4) is 0 Å². The van der Waals surface area contributed by atoms with Crippen molar-refractivity contribution < 1.29 is 30.0 Å². The highest BCUT2D eigenvalue weighted by Gasteiger charge is 2.49. The van der Waals surface area contributed by atoms with Gasteiger partial charge in [-0.15, -0.1) is 5.10 Å². The number of carbonyl (C=O) groups is 1. The quantitative estimate of drug-likeness (QED) is 0.297. The Kier molecular flexibility index (Phi) is 7.00. The number of aliphatic carboxylic acids is 1. The zero-order valence-corrected chi connectivity index (χ0v) is 20.1. The summed E-state index contributed by atoms with van der Waals surface area (Å²) < 4.78 is 5.68. The summed E-state index contributed by atoms with van der Waals surface area (Å²) in [5.74, 6) is -1.23. The Morgan fingerprint density at radius 3 is 2.24 bits per heavy atom. The Morgan fingerprint density at radius 2 is 1.57 bits per heavy atom. The van der Waals surface area contributed by atoms with E-state index in [4.69, 9.17) is 16.3 Å². The molecule has 1 aliphatic rings. The van der Waals surface area contributed by atoms with E-state index in [1.807, 2.05) is 36.4 Å². The molecule has 0 bridgehead atoms. The number of anilines is 2. The maximum Gasteiger partial charge on any atom is 0.335 e. The molecule has 0 saturated carbocycles. The number of aliphatic hydroxyl groups is 3. The van der Waals surface area contributed by atoms with Gasteiger partial charge in [-0.25, -0.2) is 4.79 Å². The van der Waals surface area contributed by atoms with E-state index in [2.05, 4.69) is 15.2 Å². The second kappa shape index (κ2) is 10.4. The first-order valence-corrected chi connectivity index (χ1v) is 11.8. The molecule has 5 atom stereocenters. The second-order valence-corrected chi connectivity index (χ2v) is 9.09. The van der Waals surface area contributed by atoms with E-state index in [1.54, 1.807) is 36.7 Å². The van der Waals surface area contributed by atoms with Gasteiger partial charge in [0.05, 0.1) is 5.69 Å². The van der Waals surface area contributed by atoms with Gasteiger partial charge in [0.1, 0.15) is 18.3 Å². The van der Waals surface area contributed by atoms with Crippen LogP contribution in [0, 0.1) is 0 Å². The van der Waals surface area contributed by atoms with Gasteiger partial charge in [0.2, 0.25) is 0 Å². The largest absolute Gasteiger partial charge is 0.479 e. The number of nitrogens with zero attached hydrogens (tertiary/aromatic N) is 4. The monoisotopic (exact) mass is 522 g/mol. The topological polar surface area (TPSA) is 149 Å². The van der Waals surface area contributed by atoms with Gasteiger partial charge in [0.15, 0.2) is 18.1 Å². The Labute approximate surface area is 216 Å². The van der Waals surface area contributed by atoms with Crippen LogP contribution >= 0.6 is 11.6 Å². The Balaban J connectivity index is 1.66. The molecule has 3 heterocycles. The van der Waals surface area contributed by atoms with Crippen LogP contribution in [-0.4, -0.2) is 72.2 Å². The van der Waals surface area contributed by atoms with Crippen molar-refractivity contribution in [3.63, 3.8) is 0 Å². The zero-order valence-electron chi connectivity index (χ0n) is 19.3. The second-order valence-electron chi connectivity index (χ2n) is 8.65. The lowest BCUT2D eigenvalue weighted by molar-refractivity contribution is -0.225. The fourth-order valence-corrected chi connectivity index (χ4v) is 4.54. The van der Waals surface area contributed by atoms with Crippen molar-refractivity contribution in [2.75, 3.05) is 4.90 Å². The Bertz CT molecular complexity index is 1410. The molecular formula is C26H23ClN4O6. The van der Waals surface area contributed by atoms with Gasteiger partial charge in [-0.1, -0.05) is 35.9 Å². The Morgan fingerprint density at radius 1 is 0.892 bits per heavy atom. The number of aromatic nitrogens is 3. The summed E-state index contributed by atoms with van der Waals surface area (Å²) in [6.45, 7) is 0. The third-order valence-electron chi connectivity index (χ3n) is 6.28. The van der Waals surface area contributed by atoms with E-state index in [0.717, 1.165) is 10.9 Å². The lowest BCUT2D eigenvalue weighted by atomic mass is 9.96. The summed E-state index contributed by atoms with van der Waals surface area (Å²) in [6.07, 6.45) is -4.64. The van der Waals surface area contributed by atoms with Crippen molar-refractivity contribution in [3.05, 3.63) is 89.3 Å². The van der Waals surface area contributed by atoms with Gasteiger partial charge in [-0.05, 0) is 42.0 Å². The number of aliphatic hydroxyl groups excluding tert-OH is 3. The highest BCUT2D eigenvalue weighted by atomic mass is 35.5. The Hall–Kier alpha value is -3.67. The summed E-state index contributed by atoms with van der Waals surface area (Å²) in [4.78, 5) is 17.3. The third kappa shape index (κ3) is 4.85. The molecule has 5 rings (SSSR count). The molecule has 10 nitrogen and oxygen atoms in total. The van der Waals surface area contributed by atoms with E-state index in [-0.39, 0.29) is 5.82 Å². The summed E-state index contributed by atoms with van der Waals surface area (Å²) >= 11 is 6.09. The highest BCUT2D eigenvalue weighted by Crippen LogP contribution is 2.37. The lowest BCUT2D eigenvalue weighted by Crippen LogP contribution is -2.63. The molecule has 0 aliphatic carbocycles. The van der Waals surface area contributed by atoms with Crippen molar-refractivity contribution in [1.82, 2.24) is 15.2 Å². The smallest absolute Gasteiger partial charge is 0.335 e. The number of hydrogen-bond acceptors (Lipinski definition) is 9. The molecule has 37 heavy (non-hydrogen) atoms. The van der Waals surface area contributed by atoms with Gasteiger partial charge >= 0.3 is 5.97 Å². The highest BCUT2D eigenvalue weighted by molar-refractivity contribution is 6.30. The number of carboxylic acids is 1. The van der Waals surface area contributed by atoms with Crippen LogP contribution in [0.25, 0.3) is 10.8 Å². The number of carboxylic acid groups (broad SMARTS) is 1. The van der Waals surface area contributed by atoms with E-state index < -0.39 is 36.6 Å². The van der Waals surface area contributed by atoms with E-state index >= 15 is 0 Å². The van der Waals surface area contributed by atoms with Crippen LogP contribution in [-0.2, 0) is 16.0 Å². The molecule has 0 spiro atoms. The van der Waals surface area contributed by atoms with Crippen molar-refractivity contribution in [1.29, 1.82) is 0 Å². The van der Waals surface area contributed by atoms with Crippen LogP contribution in [0.2, 0.25) is 5.02 Å². The molecule has 2 aromatic carbocycles. The third-order valence-corrected chi connectivity index (χ3v) is 6.54. The fourth-order valence-electron chi connectivity index (χ4n) is 4.42. The minimum absolute atomic E-state index is 0.258. The average Bonchev–Trinajstić information content (AvgIpc) is 2.91. The molecule has 1 saturated heterocycles. The predicted molar refractivity (Wildman–Crippen MR) is 134 cm³/mol. The number of hydrogen-bond donors (Lipinski definition) is 4. The maximum atomic E-state index is 11.8. The van der Waals surface area contributed by atoms with Gasteiger partial charge in [-0.2, -0.15) is 5.10 Å². The average molecular weight is 523 g/mol. The van der Waals surface area contributed by atoms with E-state index in [0.29, 0.717) is 28.2 Å². The number of halogens is 1. The number of pyridine rings is 1. The van der Waals surface area contributed by atoms with Crippen molar-refractivity contribution in [2.24, 2.45) is 0 Å². The zero-order chi connectivity index (χ0) is 26.1. The van der Waals surface area contributed by atoms with Crippen molar-refractivity contribution in [2.45, 2.75) is 37.1 Å². The molecule has 2 aromatic heterocycles. The summed E-state index contributed by atoms with van der Waals surface area (Å²) in [7, 11) is 0. The van der Waals surface area contributed by atoms with Gasteiger partial charge in [0.25, 0.3) is 0 Å². The summed E-state index contributed by atoms with van der Waals surface area (Å²) in [5.41, 5.74) is 2.14. The molecule has 1 fully saturated rings. The standard InChI is InChI=1S/C26H23ClN4O6/c27-15-5-7-16(8-6-15)31(25-22(34)20(32)21(33)23(37-25)26(35)36)24-18-4-2-1-3-17(18)19(29-30-24)13-14-9-11-28-12-10-14/h1-12,20-23,25,32-34H,13H2,(H,35,36)/t20-,21-,22+,23-,25+/m0/s1. The molecule has 11 heteroatoms. The molecule has 1 aliphatic heterocycles. The predicted octanol–water partition coefficient (Wildman–Crippen LogP) is 2.30. The summed E-state index contributed by atoms with van der Waals surface area (Å²) in [6, 6.07) is 17.7. The van der Waals surface area contributed by atoms with Gasteiger partial charge < -0.3 is 25.2 Å². The normalized spacial score (nSPS) is 23.6. The first-order chi connectivity index (χ1) is 17.8. The first kappa shape index (κ1) is 25.0. The molecule has 0 unspecified atom stereocenters. The van der Waals surface area contributed by atoms with Crippen LogP contribution < -0.4 is 4.90 Å². The molecule has 190 valence electrons. The van der Waals surface area contributed by atoms with E-state index in [1.165, 1.54) is 4.90 Å². The first-order valence-electron chi connectivity index (χ1n) is 11.5. The fraction of sp³-hybridized carbons (Fsp3) is 0.231. The van der Waals surface area contributed by atoms with E-state index in [9.17, 15) is 25.2 Å². The molecule has 0 amide bonds. The minimum atomic E-state index is -1.83. The lowest BCUT2D eigenvalue weighted by Gasteiger charge is -2.44. The molecule has 0 radical (unpaired) electrons. The van der Waals surface area contributed by atoms with Crippen molar-refractivity contribution in [3.8, 4) is 0 Å². The maximum absolute atomic E-state index is 11.8. The van der Waals surface area contributed by atoms with Crippen LogP contribution in [0.5, 0.6) is 0 Å². The minimum Gasteiger partial charge on any atom is -0.479 e. The summed E-state index contributed by atoms with van der Waals surface area (Å²) in [5, 5.41) is 52.1. The number of ether oxygens (including phenoxy) is 1. The molecule has 4 aromatic rings. The van der Waals surface area contributed by atoms with Crippen LogP contribution in [0.1, 0.15) is 11.3 Å². The van der Waals surface area contributed by atoms with Gasteiger partial charge in [0, 0.05) is 40.3 Å². The molecular weight excluding hydrogens is 500 g/mol. The van der Waals surface area contributed by atoms with Gasteiger partial charge in [-0.3, -0.25) is 9.88 Å². The molecule has 4 N–H and O–H groups in total. The SMILES string of the molecule is O=C(O)[C@H]1O[C@@H](N(c2ccc(Cl)cc2)c2nnc(Cc3ccncc3)c3ccccc23)[C@H](O)[C@@H](O)[C@@H]1O. The number of fused-ring (bicyclic) bond motifs is 1. The number of benzene rings is 2. The van der Waals surface area contributed by atoms with Crippen LogP contribution in [0.15, 0.2) is 73.1 Å². The van der Waals surface area contributed by atoms with Crippen LogP contribution in [0.4, 0.5) is 11.5 Å². The van der Waals surface area contributed by atoms with Crippen molar-refractivity contribution >= 4 is 39.8 Å².